The van der Waals surface area contributed by atoms with Crippen LogP contribution in [0.15, 0.2) is 18.3 Å². The second-order valence-corrected chi connectivity index (χ2v) is 5.07. The van der Waals surface area contributed by atoms with E-state index in [1.165, 1.54) is 0 Å². The van der Waals surface area contributed by atoms with E-state index in [-0.39, 0.29) is 18.1 Å². The van der Waals surface area contributed by atoms with Gasteiger partial charge in [-0.05, 0) is 32.9 Å². The lowest BCUT2D eigenvalue weighted by Crippen LogP contribution is -2.53. The molecule has 21 heavy (non-hydrogen) atoms. The third kappa shape index (κ3) is 3.92. The second kappa shape index (κ2) is 7.38. The first kappa shape index (κ1) is 15.7. The zero-order chi connectivity index (χ0) is 15.2. The Bertz CT molecular complexity index is 459. The van der Waals surface area contributed by atoms with Gasteiger partial charge in [-0.3, -0.25) is 4.79 Å². The lowest BCUT2D eigenvalue weighted by molar-refractivity contribution is -0.123. The van der Waals surface area contributed by atoms with Gasteiger partial charge in [0.15, 0.2) is 0 Å². The van der Waals surface area contributed by atoms with E-state index in [1.54, 1.807) is 6.20 Å². The minimum atomic E-state index is -0.318. The van der Waals surface area contributed by atoms with Crippen LogP contribution in [0.4, 0.5) is 11.5 Å². The lowest BCUT2D eigenvalue weighted by Gasteiger charge is -2.29. The Morgan fingerprint density at radius 1 is 1.48 bits per heavy atom. The van der Waals surface area contributed by atoms with E-state index >= 15 is 0 Å². The number of morpholine rings is 1. The first-order valence-corrected chi connectivity index (χ1v) is 7.52. The van der Waals surface area contributed by atoms with Crippen molar-refractivity contribution in [1.29, 1.82) is 0 Å². The first-order chi connectivity index (χ1) is 10.2. The highest BCUT2D eigenvalue weighted by Crippen LogP contribution is 2.15. The molecule has 2 atom stereocenters. The van der Waals surface area contributed by atoms with Gasteiger partial charge in [0, 0.05) is 19.6 Å². The largest absolute Gasteiger partial charge is 0.375 e. The maximum absolute atomic E-state index is 12.2. The van der Waals surface area contributed by atoms with Crippen molar-refractivity contribution < 1.29 is 9.53 Å². The van der Waals surface area contributed by atoms with E-state index in [1.807, 2.05) is 19.1 Å². The fraction of sp³-hybridized carbons (Fsp3) is 0.600. The normalized spacial score (nSPS) is 21.9. The van der Waals surface area contributed by atoms with Crippen molar-refractivity contribution >= 4 is 17.4 Å². The number of aromatic nitrogens is 1. The van der Waals surface area contributed by atoms with E-state index in [2.05, 4.69) is 34.4 Å². The molecule has 1 aliphatic rings. The number of rotatable bonds is 5. The van der Waals surface area contributed by atoms with E-state index in [9.17, 15) is 4.79 Å². The maximum atomic E-state index is 12.2. The number of carbonyl (C=O) groups excluding carboxylic acids is 1. The summed E-state index contributed by atoms with van der Waals surface area (Å²) < 4.78 is 5.48. The summed E-state index contributed by atoms with van der Waals surface area (Å²) in [7, 11) is 0. The fourth-order valence-electron chi connectivity index (χ4n) is 2.44. The summed E-state index contributed by atoms with van der Waals surface area (Å²) in [4.78, 5) is 18.8. The lowest BCUT2D eigenvalue weighted by atomic mass is 10.1. The summed E-state index contributed by atoms with van der Waals surface area (Å²) in [6.45, 7) is 9.25. The van der Waals surface area contributed by atoms with E-state index < -0.39 is 0 Å². The number of hydrogen-bond donors (Lipinski definition) is 2. The van der Waals surface area contributed by atoms with Gasteiger partial charge in [-0.15, -0.1) is 0 Å². The molecule has 1 aromatic rings. The van der Waals surface area contributed by atoms with Crippen LogP contribution >= 0.6 is 0 Å². The highest BCUT2D eigenvalue weighted by atomic mass is 16.5. The van der Waals surface area contributed by atoms with Gasteiger partial charge in [-0.1, -0.05) is 0 Å². The number of carbonyl (C=O) groups is 1. The monoisotopic (exact) mass is 292 g/mol. The Labute approximate surface area is 125 Å². The predicted molar refractivity (Wildman–Crippen MR) is 83.6 cm³/mol. The number of ether oxygens (including phenoxy) is 1. The summed E-state index contributed by atoms with van der Waals surface area (Å²) >= 11 is 0. The van der Waals surface area contributed by atoms with Crippen LogP contribution in [-0.2, 0) is 9.53 Å². The molecule has 116 valence electrons. The third-order valence-electron chi connectivity index (χ3n) is 3.70. The third-order valence-corrected chi connectivity index (χ3v) is 3.70. The van der Waals surface area contributed by atoms with Crippen molar-refractivity contribution in [2.45, 2.75) is 32.9 Å². The van der Waals surface area contributed by atoms with Crippen LogP contribution < -0.4 is 15.5 Å². The van der Waals surface area contributed by atoms with Gasteiger partial charge in [0.25, 0.3) is 0 Å². The summed E-state index contributed by atoms with van der Waals surface area (Å²) in [5, 5.41) is 6.05. The molecule has 0 bridgehead atoms. The topological polar surface area (TPSA) is 66.5 Å². The minimum Gasteiger partial charge on any atom is -0.375 e. The summed E-state index contributed by atoms with van der Waals surface area (Å²) in [5.74, 6) is 0.838. The molecule has 0 saturated carbocycles. The standard InChI is InChI=1S/C15H24N4O2/c1-4-19(5-2)13-7-6-12(10-17-13)18-15(20)14-11(3)21-9-8-16-14/h6-7,10-11,14,16H,4-5,8-9H2,1-3H3,(H,18,20)/t11-,14+/m1/s1. The van der Waals surface area contributed by atoms with Crippen LogP contribution in [0.3, 0.4) is 0 Å². The Kier molecular flexibility index (Phi) is 5.52. The van der Waals surface area contributed by atoms with Crippen LogP contribution in [0.5, 0.6) is 0 Å². The molecule has 0 spiro atoms. The molecule has 0 radical (unpaired) electrons. The van der Waals surface area contributed by atoms with Crippen molar-refractivity contribution in [3.8, 4) is 0 Å². The molecule has 6 heteroatoms. The van der Waals surface area contributed by atoms with E-state index in [4.69, 9.17) is 4.74 Å². The molecule has 0 aromatic carbocycles. The second-order valence-electron chi connectivity index (χ2n) is 5.07. The Hall–Kier alpha value is -1.66. The smallest absolute Gasteiger partial charge is 0.244 e. The molecule has 1 amide bonds. The van der Waals surface area contributed by atoms with Crippen LogP contribution in [0.1, 0.15) is 20.8 Å². The molecule has 1 aliphatic heterocycles. The van der Waals surface area contributed by atoms with Gasteiger partial charge < -0.3 is 20.3 Å². The quantitative estimate of drug-likeness (QED) is 0.855. The van der Waals surface area contributed by atoms with Crippen LogP contribution in [0.2, 0.25) is 0 Å². The van der Waals surface area contributed by atoms with Crippen molar-refractivity contribution in [3.63, 3.8) is 0 Å². The number of amides is 1. The summed E-state index contributed by atoms with van der Waals surface area (Å²) in [6, 6.07) is 3.49. The Balaban J connectivity index is 1.98. The molecule has 2 rings (SSSR count). The molecular formula is C15H24N4O2. The molecular weight excluding hydrogens is 268 g/mol. The molecule has 6 nitrogen and oxygen atoms in total. The fourth-order valence-corrected chi connectivity index (χ4v) is 2.44. The van der Waals surface area contributed by atoms with Crippen molar-refractivity contribution in [2.75, 3.05) is 36.5 Å². The zero-order valence-corrected chi connectivity index (χ0v) is 12.9. The van der Waals surface area contributed by atoms with Crippen LogP contribution in [0.25, 0.3) is 0 Å². The average Bonchev–Trinajstić information content (AvgIpc) is 2.50. The Morgan fingerprint density at radius 3 is 2.81 bits per heavy atom. The molecule has 2 N–H and O–H groups in total. The first-order valence-electron chi connectivity index (χ1n) is 7.52. The van der Waals surface area contributed by atoms with Crippen LogP contribution in [-0.4, -0.2) is 49.3 Å². The van der Waals surface area contributed by atoms with Gasteiger partial charge in [0.05, 0.1) is 24.6 Å². The Morgan fingerprint density at radius 2 is 2.24 bits per heavy atom. The van der Waals surface area contributed by atoms with E-state index in [0.717, 1.165) is 18.9 Å². The average molecular weight is 292 g/mol. The number of hydrogen-bond acceptors (Lipinski definition) is 5. The summed E-state index contributed by atoms with van der Waals surface area (Å²) in [5.41, 5.74) is 0.704. The highest BCUT2D eigenvalue weighted by molar-refractivity contribution is 5.95. The minimum absolute atomic E-state index is 0.0837. The van der Waals surface area contributed by atoms with Gasteiger partial charge in [-0.25, -0.2) is 4.98 Å². The highest BCUT2D eigenvalue weighted by Gasteiger charge is 2.28. The SMILES string of the molecule is CCN(CC)c1ccc(NC(=O)[C@H]2NCCO[C@@H]2C)cn1. The molecule has 0 aliphatic carbocycles. The van der Waals surface area contributed by atoms with Gasteiger partial charge in [0.2, 0.25) is 5.91 Å². The molecule has 1 fully saturated rings. The molecule has 1 aromatic heterocycles. The van der Waals surface area contributed by atoms with Crippen LogP contribution in [0, 0.1) is 0 Å². The van der Waals surface area contributed by atoms with Crippen molar-refractivity contribution in [1.82, 2.24) is 10.3 Å². The summed E-state index contributed by atoms with van der Waals surface area (Å²) in [6.07, 6.45) is 1.57. The van der Waals surface area contributed by atoms with Gasteiger partial charge in [-0.2, -0.15) is 0 Å². The van der Waals surface area contributed by atoms with Crippen molar-refractivity contribution in [2.24, 2.45) is 0 Å². The maximum Gasteiger partial charge on any atom is 0.244 e. The van der Waals surface area contributed by atoms with Gasteiger partial charge in [0.1, 0.15) is 11.9 Å². The van der Waals surface area contributed by atoms with Crippen molar-refractivity contribution in [3.05, 3.63) is 18.3 Å². The number of nitrogens with zero attached hydrogens (tertiary/aromatic N) is 2. The van der Waals surface area contributed by atoms with Gasteiger partial charge >= 0.3 is 0 Å². The molecule has 0 unspecified atom stereocenters. The molecule has 2 heterocycles. The number of pyridine rings is 1. The zero-order valence-electron chi connectivity index (χ0n) is 12.9. The molecule has 1 saturated heterocycles. The number of anilines is 2. The number of nitrogens with one attached hydrogen (secondary N) is 2. The predicted octanol–water partition coefficient (Wildman–Crippen LogP) is 1.24. The van der Waals surface area contributed by atoms with E-state index in [0.29, 0.717) is 18.8 Å².